The highest BCUT2D eigenvalue weighted by Crippen LogP contribution is 2.43. The van der Waals surface area contributed by atoms with Crippen molar-refractivity contribution in [3.8, 4) is 11.5 Å². The fraction of sp³-hybridized carbons (Fsp3) is 0.520. The molecule has 2 aliphatic heterocycles. The second-order valence-electron chi connectivity index (χ2n) is 9.42. The molecular formula is C25H30FN3O3. The first-order valence-corrected chi connectivity index (χ1v) is 11.7. The summed E-state index contributed by atoms with van der Waals surface area (Å²) in [4.78, 5) is 21.7. The van der Waals surface area contributed by atoms with E-state index < -0.39 is 5.82 Å². The van der Waals surface area contributed by atoms with Gasteiger partial charge in [0.25, 0.3) is 0 Å². The summed E-state index contributed by atoms with van der Waals surface area (Å²) in [5.74, 6) is 0.547. The molecule has 170 valence electrons. The summed E-state index contributed by atoms with van der Waals surface area (Å²) >= 11 is 0. The number of piperidine rings is 1. The summed E-state index contributed by atoms with van der Waals surface area (Å²) < 4.78 is 20.4. The van der Waals surface area contributed by atoms with E-state index in [0.717, 1.165) is 63.7 Å². The topological polar surface area (TPSA) is 65.9 Å². The van der Waals surface area contributed by atoms with Crippen LogP contribution in [-0.4, -0.2) is 52.7 Å². The summed E-state index contributed by atoms with van der Waals surface area (Å²) in [6, 6.07) is 8.66. The van der Waals surface area contributed by atoms with Crippen LogP contribution in [0.3, 0.4) is 0 Å². The molecule has 3 heterocycles. The minimum Gasteiger partial charge on any atom is -0.454 e. The number of nitrogens with zero attached hydrogens (tertiary/aromatic N) is 3. The first-order valence-electron chi connectivity index (χ1n) is 11.7. The number of halogens is 1. The van der Waals surface area contributed by atoms with Gasteiger partial charge in [-0.15, -0.1) is 0 Å². The highest BCUT2D eigenvalue weighted by molar-refractivity contribution is 5.86. The maximum absolute atomic E-state index is 14.8. The van der Waals surface area contributed by atoms with Gasteiger partial charge in [-0.2, -0.15) is 0 Å². The maximum Gasteiger partial charge on any atom is 0.230 e. The van der Waals surface area contributed by atoms with Crippen LogP contribution in [0, 0.1) is 11.2 Å². The third-order valence-electron chi connectivity index (χ3n) is 7.39. The van der Waals surface area contributed by atoms with Gasteiger partial charge in [-0.3, -0.25) is 9.78 Å². The highest BCUT2D eigenvalue weighted by atomic mass is 19.1. The van der Waals surface area contributed by atoms with Crippen LogP contribution in [0.5, 0.6) is 11.5 Å². The van der Waals surface area contributed by atoms with Crippen LogP contribution >= 0.6 is 0 Å². The van der Waals surface area contributed by atoms with Gasteiger partial charge in [0.05, 0.1) is 11.5 Å². The molecule has 7 heteroatoms. The van der Waals surface area contributed by atoms with E-state index in [1.165, 1.54) is 6.07 Å². The molecule has 1 atom stereocenters. The van der Waals surface area contributed by atoms with E-state index in [1.54, 1.807) is 30.6 Å². The van der Waals surface area contributed by atoms with Gasteiger partial charge < -0.3 is 19.6 Å². The number of aliphatic hydroxyl groups is 1. The van der Waals surface area contributed by atoms with Gasteiger partial charge in [0.1, 0.15) is 5.75 Å². The van der Waals surface area contributed by atoms with Gasteiger partial charge in [-0.1, -0.05) is 0 Å². The Hall–Kier alpha value is -2.67. The van der Waals surface area contributed by atoms with Crippen molar-refractivity contribution in [1.29, 1.82) is 0 Å². The Morgan fingerprint density at radius 3 is 2.59 bits per heavy atom. The smallest absolute Gasteiger partial charge is 0.230 e. The quantitative estimate of drug-likeness (QED) is 0.776. The molecule has 1 spiro atoms. The minimum atomic E-state index is -0.418. The molecule has 1 N–H and O–H groups in total. The Balaban J connectivity index is 1.29. The molecule has 2 aromatic rings. The Labute approximate surface area is 188 Å². The summed E-state index contributed by atoms with van der Waals surface area (Å²) in [7, 11) is 0. The summed E-state index contributed by atoms with van der Waals surface area (Å²) in [6.45, 7) is 2.23. The Morgan fingerprint density at radius 1 is 1.06 bits per heavy atom. The Bertz CT molecular complexity index is 964. The largest absolute Gasteiger partial charge is 0.454 e. The molecular weight excluding hydrogens is 409 g/mol. The van der Waals surface area contributed by atoms with Gasteiger partial charge in [0, 0.05) is 49.8 Å². The number of aromatic nitrogens is 1. The number of benzene rings is 1. The highest BCUT2D eigenvalue weighted by Gasteiger charge is 2.50. The SMILES string of the molecule is O=C1N([C@H]2CC[C@H](O)CC2)CC[C@@]12CCCN(c1ccc(Oc3ccncc3)c(F)c1)C2. The van der Waals surface area contributed by atoms with Crippen molar-refractivity contribution in [2.75, 3.05) is 24.5 Å². The molecule has 0 unspecified atom stereocenters. The number of anilines is 1. The first kappa shape index (κ1) is 21.2. The molecule has 3 aliphatic rings. The zero-order chi connectivity index (χ0) is 22.1. The van der Waals surface area contributed by atoms with Crippen molar-refractivity contribution in [3.05, 3.63) is 48.5 Å². The molecule has 1 aliphatic carbocycles. The number of hydrogen-bond acceptors (Lipinski definition) is 5. The van der Waals surface area contributed by atoms with Crippen LogP contribution in [-0.2, 0) is 4.79 Å². The second-order valence-corrected chi connectivity index (χ2v) is 9.42. The molecule has 3 fully saturated rings. The van der Waals surface area contributed by atoms with Crippen LogP contribution < -0.4 is 9.64 Å². The van der Waals surface area contributed by atoms with Gasteiger partial charge in [-0.25, -0.2) is 4.39 Å². The zero-order valence-corrected chi connectivity index (χ0v) is 18.3. The monoisotopic (exact) mass is 439 g/mol. The van der Waals surface area contributed by atoms with E-state index in [1.807, 2.05) is 6.07 Å². The normalized spacial score (nSPS) is 28.4. The predicted octanol–water partition coefficient (Wildman–Crippen LogP) is 4.14. The van der Waals surface area contributed by atoms with Crippen molar-refractivity contribution < 1.29 is 19.0 Å². The van der Waals surface area contributed by atoms with Crippen LogP contribution in [0.25, 0.3) is 0 Å². The van der Waals surface area contributed by atoms with E-state index in [9.17, 15) is 14.3 Å². The van der Waals surface area contributed by atoms with E-state index in [-0.39, 0.29) is 29.2 Å². The molecule has 6 nitrogen and oxygen atoms in total. The van der Waals surface area contributed by atoms with Crippen molar-refractivity contribution >= 4 is 11.6 Å². The lowest BCUT2D eigenvalue weighted by atomic mass is 9.78. The van der Waals surface area contributed by atoms with Crippen molar-refractivity contribution in [3.63, 3.8) is 0 Å². The van der Waals surface area contributed by atoms with E-state index in [0.29, 0.717) is 12.3 Å². The van der Waals surface area contributed by atoms with Crippen LogP contribution in [0.15, 0.2) is 42.7 Å². The molecule has 1 aromatic carbocycles. The number of likely N-dealkylation sites (tertiary alicyclic amines) is 1. The maximum atomic E-state index is 14.8. The number of carbonyl (C=O) groups is 1. The van der Waals surface area contributed by atoms with Gasteiger partial charge in [0.15, 0.2) is 11.6 Å². The van der Waals surface area contributed by atoms with Gasteiger partial charge in [-0.05, 0) is 69.2 Å². The molecule has 0 bridgehead atoms. The van der Waals surface area contributed by atoms with Gasteiger partial charge in [0.2, 0.25) is 5.91 Å². The average Bonchev–Trinajstić information content (AvgIpc) is 3.12. The fourth-order valence-corrected chi connectivity index (χ4v) is 5.60. The lowest BCUT2D eigenvalue weighted by Gasteiger charge is -2.41. The van der Waals surface area contributed by atoms with Crippen molar-refractivity contribution in [2.24, 2.45) is 5.41 Å². The lowest BCUT2D eigenvalue weighted by Crippen LogP contribution is -2.50. The molecule has 1 amide bonds. The fourth-order valence-electron chi connectivity index (χ4n) is 5.60. The average molecular weight is 440 g/mol. The van der Waals surface area contributed by atoms with Crippen LogP contribution in [0.4, 0.5) is 10.1 Å². The van der Waals surface area contributed by atoms with E-state index >= 15 is 0 Å². The van der Waals surface area contributed by atoms with Gasteiger partial charge >= 0.3 is 0 Å². The third-order valence-corrected chi connectivity index (χ3v) is 7.39. The Kier molecular flexibility index (Phi) is 5.76. The van der Waals surface area contributed by atoms with Crippen LogP contribution in [0.1, 0.15) is 44.9 Å². The van der Waals surface area contributed by atoms with E-state index in [4.69, 9.17) is 4.74 Å². The zero-order valence-electron chi connectivity index (χ0n) is 18.3. The number of aliphatic hydroxyl groups excluding tert-OH is 1. The number of rotatable bonds is 4. The molecule has 5 rings (SSSR count). The molecule has 1 saturated carbocycles. The molecule has 0 radical (unpaired) electrons. The second kappa shape index (κ2) is 8.70. The summed E-state index contributed by atoms with van der Waals surface area (Å²) in [5, 5.41) is 9.81. The minimum absolute atomic E-state index is 0.175. The van der Waals surface area contributed by atoms with E-state index in [2.05, 4.69) is 14.8 Å². The Morgan fingerprint density at radius 2 is 1.84 bits per heavy atom. The number of ether oxygens (including phenoxy) is 1. The molecule has 32 heavy (non-hydrogen) atoms. The lowest BCUT2D eigenvalue weighted by molar-refractivity contribution is -0.139. The van der Waals surface area contributed by atoms with Crippen molar-refractivity contribution in [1.82, 2.24) is 9.88 Å². The summed E-state index contributed by atoms with van der Waals surface area (Å²) in [6.07, 6.45) is 8.98. The first-order chi connectivity index (χ1) is 15.5. The molecule has 2 saturated heterocycles. The predicted molar refractivity (Wildman–Crippen MR) is 119 cm³/mol. The molecule has 1 aromatic heterocycles. The number of hydrogen-bond donors (Lipinski definition) is 1. The summed E-state index contributed by atoms with van der Waals surface area (Å²) in [5.41, 5.74) is 0.410. The standard InChI is InChI=1S/C25H30FN3O3/c26-22-16-19(4-7-23(22)32-21-8-12-27-13-9-21)28-14-1-10-25(17-28)11-15-29(24(25)31)18-2-5-20(30)6-3-18/h4,7-9,12-13,16,18,20,30H,1-3,5-6,10-11,14-15,17H2/t18-,20-,25-/m1/s1. The third kappa shape index (κ3) is 4.06. The number of carbonyl (C=O) groups excluding carboxylic acids is 1. The van der Waals surface area contributed by atoms with Crippen LogP contribution in [0.2, 0.25) is 0 Å². The number of amides is 1. The van der Waals surface area contributed by atoms with Crippen molar-refractivity contribution in [2.45, 2.75) is 57.1 Å². The number of pyridine rings is 1.